The van der Waals surface area contributed by atoms with Gasteiger partial charge in [0.2, 0.25) is 6.79 Å². The first-order chi connectivity index (χ1) is 13.9. The summed E-state index contributed by atoms with van der Waals surface area (Å²) in [7, 11) is 5.08. The highest BCUT2D eigenvalue weighted by Gasteiger charge is 2.22. The highest BCUT2D eigenvalue weighted by atomic mass is 16.7. The molecule has 0 aliphatic carbocycles. The number of hydrogen-bond donors (Lipinski definition) is 2. The van der Waals surface area contributed by atoms with Crippen LogP contribution in [0.4, 0.5) is 5.69 Å². The molecule has 0 bridgehead atoms. The predicted molar refractivity (Wildman–Crippen MR) is 106 cm³/mol. The fraction of sp³-hybridized carbons (Fsp3) is 0.333. The Hall–Kier alpha value is -3.26. The van der Waals surface area contributed by atoms with E-state index in [1.165, 1.54) is 6.92 Å². The SMILES string of the molecule is COc1cccc(C[NH+](C)CC(=O)Nc2cc3c(cc2C(C)=O)OCO3)c1OC. The molecule has 3 rings (SSSR count). The van der Waals surface area contributed by atoms with Gasteiger partial charge in [-0.05, 0) is 25.1 Å². The third-order valence-electron chi connectivity index (χ3n) is 4.61. The number of benzene rings is 2. The van der Waals surface area contributed by atoms with E-state index in [0.717, 1.165) is 10.5 Å². The second-order valence-electron chi connectivity index (χ2n) is 6.82. The summed E-state index contributed by atoms with van der Waals surface area (Å²) in [6, 6.07) is 8.87. The quantitative estimate of drug-likeness (QED) is 0.648. The highest BCUT2D eigenvalue weighted by Crippen LogP contribution is 2.37. The van der Waals surface area contributed by atoms with E-state index in [-0.39, 0.29) is 25.0 Å². The Morgan fingerprint density at radius 1 is 1.14 bits per heavy atom. The van der Waals surface area contributed by atoms with Crippen LogP contribution >= 0.6 is 0 Å². The van der Waals surface area contributed by atoms with Crippen molar-refractivity contribution in [2.75, 3.05) is 39.9 Å². The van der Waals surface area contributed by atoms with Crippen LogP contribution in [0, 0.1) is 0 Å². The number of carbonyl (C=O) groups is 2. The van der Waals surface area contributed by atoms with Gasteiger partial charge < -0.3 is 29.2 Å². The van der Waals surface area contributed by atoms with Gasteiger partial charge in [-0.25, -0.2) is 0 Å². The van der Waals surface area contributed by atoms with Crippen molar-refractivity contribution in [2.45, 2.75) is 13.5 Å². The van der Waals surface area contributed by atoms with Gasteiger partial charge in [0.15, 0.2) is 35.3 Å². The van der Waals surface area contributed by atoms with Crippen molar-refractivity contribution >= 4 is 17.4 Å². The number of nitrogens with one attached hydrogen (secondary N) is 2. The number of fused-ring (bicyclic) bond motifs is 1. The normalized spacial score (nSPS) is 13.0. The minimum atomic E-state index is -0.217. The van der Waals surface area contributed by atoms with Crippen LogP contribution in [0.3, 0.4) is 0 Å². The van der Waals surface area contributed by atoms with Crippen molar-refractivity contribution in [1.29, 1.82) is 0 Å². The van der Waals surface area contributed by atoms with E-state index >= 15 is 0 Å². The minimum absolute atomic E-state index is 0.0966. The first-order valence-electron chi connectivity index (χ1n) is 9.18. The second kappa shape index (κ2) is 8.83. The molecule has 1 aliphatic rings. The smallest absolute Gasteiger partial charge is 0.279 e. The fourth-order valence-corrected chi connectivity index (χ4v) is 3.29. The zero-order valence-electron chi connectivity index (χ0n) is 17.0. The molecule has 0 aromatic heterocycles. The molecule has 0 saturated heterocycles. The topological polar surface area (TPSA) is 87.5 Å². The number of methoxy groups -OCH3 is 2. The van der Waals surface area contributed by atoms with Crippen molar-refractivity contribution in [1.82, 2.24) is 0 Å². The number of rotatable bonds is 8. The molecule has 1 amide bonds. The summed E-state index contributed by atoms with van der Waals surface area (Å²) < 4.78 is 21.4. The van der Waals surface area contributed by atoms with Gasteiger partial charge in [-0.3, -0.25) is 9.59 Å². The third-order valence-corrected chi connectivity index (χ3v) is 4.61. The molecule has 0 radical (unpaired) electrons. The van der Waals surface area contributed by atoms with E-state index in [1.807, 2.05) is 25.2 Å². The van der Waals surface area contributed by atoms with Gasteiger partial charge in [-0.2, -0.15) is 0 Å². The van der Waals surface area contributed by atoms with Crippen LogP contribution < -0.4 is 29.2 Å². The fourth-order valence-electron chi connectivity index (χ4n) is 3.29. The lowest BCUT2D eigenvalue weighted by Crippen LogP contribution is -3.08. The summed E-state index contributed by atoms with van der Waals surface area (Å²) in [5.74, 6) is 1.93. The van der Waals surface area contributed by atoms with Gasteiger partial charge in [0.1, 0.15) is 6.54 Å². The van der Waals surface area contributed by atoms with Crippen LogP contribution in [-0.4, -0.2) is 46.3 Å². The molecule has 154 valence electrons. The van der Waals surface area contributed by atoms with Crippen molar-refractivity contribution in [3.63, 3.8) is 0 Å². The van der Waals surface area contributed by atoms with E-state index in [1.54, 1.807) is 26.4 Å². The lowest BCUT2D eigenvalue weighted by molar-refractivity contribution is -0.885. The molecule has 8 nitrogen and oxygen atoms in total. The van der Waals surface area contributed by atoms with E-state index in [4.69, 9.17) is 18.9 Å². The van der Waals surface area contributed by atoms with Crippen LogP contribution in [0.15, 0.2) is 30.3 Å². The van der Waals surface area contributed by atoms with Gasteiger partial charge in [-0.15, -0.1) is 0 Å². The van der Waals surface area contributed by atoms with E-state index in [0.29, 0.717) is 40.8 Å². The van der Waals surface area contributed by atoms with Crippen molar-refractivity contribution < 1.29 is 33.4 Å². The number of para-hydroxylation sites is 1. The van der Waals surface area contributed by atoms with Crippen LogP contribution in [0.5, 0.6) is 23.0 Å². The average molecular weight is 401 g/mol. The molecule has 0 fully saturated rings. The highest BCUT2D eigenvalue weighted by molar-refractivity contribution is 6.04. The van der Waals surface area contributed by atoms with E-state index in [2.05, 4.69) is 5.32 Å². The number of amides is 1. The number of Topliss-reactive ketones (excluding diaryl/α,β-unsaturated/α-hetero) is 1. The van der Waals surface area contributed by atoms with Gasteiger partial charge in [0.05, 0.1) is 32.5 Å². The Morgan fingerprint density at radius 2 is 1.86 bits per heavy atom. The maximum absolute atomic E-state index is 12.6. The molecule has 0 spiro atoms. The number of hydrogen-bond acceptors (Lipinski definition) is 6. The zero-order chi connectivity index (χ0) is 21.0. The molecule has 1 unspecified atom stereocenters. The molecule has 1 atom stereocenters. The van der Waals surface area contributed by atoms with Gasteiger partial charge >= 0.3 is 0 Å². The lowest BCUT2D eigenvalue weighted by Gasteiger charge is -2.17. The molecular weight excluding hydrogens is 376 g/mol. The summed E-state index contributed by atoms with van der Waals surface area (Å²) in [6.45, 7) is 2.31. The third kappa shape index (κ3) is 4.60. The van der Waals surface area contributed by atoms with E-state index in [9.17, 15) is 9.59 Å². The van der Waals surface area contributed by atoms with E-state index < -0.39 is 0 Å². The standard InChI is InChI=1S/C21H24N2O6/c1-13(24)15-8-18-19(29-12-28-18)9-16(15)22-20(25)11-23(2)10-14-6-5-7-17(26-3)21(14)27-4/h5-9H,10-12H2,1-4H3,(H,22,25)/p+1. The van der Waals surface area contributed by atoms with Crippen molar-refractivity contribution in [3.8, 4) is 23.0 Å². The van der Waals surface area contributed by atoms with Gasteiger partial charge in [0.25, 0.3) is 5.91 Å². The Morgan fingerprint density at radius 3 is 2.52 bits per heavy atom. The molecule has 1 heterocycles. The van der Waals surface area contributed by atoms with Gasteiger partial charge in [-0.1, -0.05) is 6.07 Å². The van der Waals surface area contributed by atoms with Crippen LogP contribution in [-0.2, 0) is 11.3 Å². The summed E-state index contributed by atoms with van der Waals surface area (Å²) in [6.07, 6.45) is 0. The molecule has 8 heteroatoms. The number of ketones is 1. The van der Waals surface area contributed by atoms with Crippen molar-refractivity contribution in [3.05, 3.63) is 41.5 Å². The predicted octanol–water partition coefficient (Wildman–Crippen LogP) is 1.29. The molecular formula is C21H25N2O6+. The first kappa shape index (κ1) is 20.5. The largest absolute Gasteiger partial charge is 0.493 e. The number of likely N-dealkylation sites (N-methyl/N-ethyl adjacent to an activating group) is 1. The Labute approximate surface area is 169 Å². The number of anilines is 1. The maximum atomic E-state index is 12.6. The molecule has 1 aliphatic heterocycles. The number of ether oxygens (including phenoxy) is 4. The lowest BCUT2D eigenvalue weighted by atomic mass is 10.1. The minimum Gasteiger partial charge on any atom is -0.493 e. The number of carbonyl (C=O) groups excluding carboxylic acids is 2. The maximum Gasteiger partial charge on any atom is 0.279 e. The Kier molecular flexibility index (Phi) is 6.23. The van der Waals surface area contributed by atoms with Gasteiger partial charge in [0, 0.05) is 11.6 Å². The molecule has 2 aromatic carbocycles. The van der Waals surface area contributed by atoms with Crippen LogP contribution in [0.25, 0.3) is 0 Å². The first-order valence-corrected chi connectivity index (χ1v) is 9.18. The molecule has 0 saturated carbocycles. The summed E-state index contributed by atoms with van der Waals surface area (Å²) in [5.41, 5.74) is 1.73. The average Bonchev–Trinajstić information content (AvgIpc) is 3.14. The monoisotopic (exact) mass is 401 g/mol. The number of quaternary nitrogens is 1. The summed E-state index contributed by atoms with van der Waals surface area (Å²) in [4.78, 5) is 25.5. The summed E-state index contributed by atoms with van der Waals surface area (Å²) in [5, 5.41) is 2.82. The molecule has 2 N–H and O–H groups in total. The van der Waals surface area contributed by atoms with Crippen LogP contribution in [0.2, 0.25) is 0 Å². The summed E-state index contributed by atoms with van der Waals surface area (Å²) >= 11 is 0. The van der Waals surface area contributed by atoms with Crippen molar-refractivity contribution in [2.24, 2.45) is 0 Å². The second-order valence-corrected chi connectivity index (χ2v) is 6.82. The van der Waals surface area contributed by atoms with Crippen LogP contribution in [0.1, 0.15) is 22.8 Å². The Bertz CT molecular complexity index is 928. The Balaban J connectivity index is 1.69. The zero-order valence-corrected chi connectivity index (χ0v) is 17.0. The molecule has 29 heavy (non-hydrogen) atoms. The molecule has 2 aromatic rings.